The maximum absolute atomic E-state index is 6.43. The molecule has 0 aliphatic heterocycles. The van der Waals surface area contributed by atoms with Gasteiger partial charge in [-0.1, -0.05) is 25.1 Å². The lowest BCUT2D eigenvalue weighted by Gasteiger charge is -2.10. The van der Waals surface area contributed by atoms with E-state index in [9.17, 15) is 0 Å². The van der Waals surface area contributed by atoms with Gasteiger partial charge in [-0.25, -0.2) is 0 Å². The van der Waals surface area contributed by atoms with Crippen LogP contribution in [0.25, 0.3) is 10.1 Å². The van der Waals surface area contributed by atoms with Crippen molar-refractivity contribution in [3.8, 4) is 0 Å². The first-order chi connectivity index (χ1) is 10.1. The van der Waals surface area contributed by atoms with Gasteiger partial charge in [0.1, 0.15) is 0 Å². The summed E-state index contributed by atoms with van der Waals surface area (Å²) in [7, 11) is 1.98. The molecule has 1 unspecified atom stereocenters. The van der Waals surface area contributed by atoms with Crippen LogP contribution in [-0.2, 0) is 19.9 Å². The molecule has 2 aromatic heterocycles. The molecule has 110 valence electrons. The summed E-state index contributed by atoms with van der Waals surface area (Å²) in [6.07, 6.45) is 1.71. The van der Waals surface area contributed by atoms with Crippen molar-refractivity contribution in [3.63, 3.8) is 0 Å². The topological polar surface area (TPSA) is 43.8 Å². The predicted molar refractivity (Wildman–Crippen MR) is 92.7 cm³/mol. The number of benzene rings is 1. The minimum Gasteiger partial charge on any atom is -0.323 e. The van der Waals surface area contributed by atoms with E-state index in [0.29, 0.717) is 0 Å². The second kappa shape index (κ2) is 5.91. The van der Waals surface area contributed by atoms with Crippen LogP contribution in [0.3, 0.4) is 0 Å². The summed E-state index contributed by atoms with van der Waals surface area (Å²) in [5.74, 6) is 0. The molecule has 21 heavy (non-hydrogen) atoms. The van der Waals surface area contributed by atoms with Gasteiger partial charge in [0.05, 0.1) is 15.9 Å². The molecule has 1 atom stereocenters. The number of hydrogen-bond donors (Lipinski definition) is 1. The van der Waals surface area contributed by atoms with Gasteiger partial charge in [0.2, 0.25) is 0 Å². The van der Waals surface area contributed by atoms with E-state index in [1.54, 1.807) is 11.3 Å². The fourth-order valence-corrected chi connectivity index (χ4v) is 4.38. The van der Waals surface area contributed by atoms with Gasteiger partial charge in [-0.3, -0.25) is 4.68 Å². The zero-order chi connectivity index (χ0) is 15.0. The van der Waals surface area contributed by atoms with E-state index in [4.69, 9.17) is 5.73 Å². The highest BCUT2D eigenvalue weighted by Gasteiger charge is 2.18. The van der Waals surface area contributed by atoms with E-state index in [-0.39, 0.29) is 6.04 Å². The van der Waals surface area contributed by atoms with Crippen molar-refractivity contribution in [3.05, 3.63) is 51.1 Å². The van der Waals surface area contributed by atoms with E-state index >= 15 is 0 Å². The van der Waals surface area contributed by atoms with Crippen LogP contribution >= 0.6 is 27.3 Å². The standard InChI is InChI=1S/C16H18BrN3S/c1-3-12-16(17)13(20(2)19-12)9-11(18)15-8-10-6-4-5-7-14(10)21-15/h4-8,11H,3,9,18H2,1-2H3. The lowest BCUT2D eigenvalue weighted by atomic mass is 10.1. The Kier molecular flexibility index (Phi) is 4.15. The minimum absolute atomic E-state index is 0.00111. The van der Waals surface area contributed by atoms with Gasteiger partial charge in [0.25, 0.3) is 0 Å². The first kappa shape index (κ1) is 14.8. The van der Waals surface area contributed by atoms with Crippen molar-refractivity contribution in [2.75, 3.05) is 0 Å². The van der Waals surface area contributed by atoms with Crippen LogP contribution in [0.5, 0.6) is 0 Å². The molecule has 0 saturated carbocycles. The summed E-state index contributed by atoms with van der Waals surface area (Å²) >= 11 is 5.44. The van der Waals surface area contributed by atoms with Crippen molar-refractivity contribution in [1.29, 1.82) is 0 Å². The quantitative estimate of drug-likeness (QED) is 0.754. The molecule has 0 radical (unpaired) electrons. The van der Waals surface area contributed by atoms with Gasteiger partial charge in [0.15, 0.2) is 0 Å². The fourth-order valence-electron chi connectivity index (χ4n) is 2.54. The monoisotopic (exact) mass is 363 g/mol. The summed E-state index contributed by atoms with van der Waals surface area (Å²) in [5.41, 5.74) is 8.69. The molecular formula is C16H18BrN3S. The molecule has 0 saturated heterocycles. The number of nitrogens with zero attached hydrogens (tertiary/aromatic N) is 2. The van der Waals surface area contributed by atoms with Gasteiger partial charge in [-0.2, -0.15) is 5.10 Å². The Morgan fingerprint density at radius 1 is 1.38 bits per heavy atom. The SMILES string of the molecule is CCc1nn(C)c(CC(N)c2cc3ccccc3s2)c1Br. The second-order valence-corrected chi connectivity index (χ2v) is 7.09. The Labute approximate surface area is 136 Å². The normalized spacial score (nSPS) is 13.0. The maximum atomic E-state index is 6.43. The first-order valence-electron chi connectivity index (χ1n) is 7.04. The van der Waals surface area contributed by atoms with E-state index in [0.717, 1.165) is 28.7 Å². The molecule has 3 nitrogen and oxygen atoms in total. The molecule has 3 aromatic rings. The number of nitrogens with two attached hydrogens (primary N) is 1. The van der Waals surface area contributed by atoms with E-state index in [1.807, 2.05) is 11.7 Å². The molecule has 5 heteroatoms. The molecule has 0 aliphatic rings. The zero-order valence-corrected chi connectivity index (χ0v) is 14.5. The Balaban J connectivity index is 1.89. The third-order valence-corrected chi connectivity index (χ3v) is 5.89. The van der Waals surface area contributed by atoms with E-state index in [2.05, 4.69) is 58.3 Å². The molecule has 0 spiro atoms. The Morgan fingerprint density at radius 2 is 2.14 bits per heavy atom. The molecule has 1 aromatic carbocycles. The van der Waals surface area contributed by atoms with Crippen LogP contribution in [0.2, 0.25) is 0 Å². The number of hydrogen-bond acceptors (Lipinski definition) is 3. The maximum Gasteiger partial charge on any atom is 0.0766 e. The van der Waals surface area contributed by atoms with E-state index < -0.39 is 0 Å². The molecule has 3 rings (SSSR count). The number of rotatable bonds is 4. The third kappa shape index (κ3) is 2.78. The van der Waals surface area contributed by atoms with Gasteiger partial charge in [0, 0.05) is 29.1 Å². The van der Waals surface area contributed by atoms with Crippen molar-refractivity contribution < 1.29 is 0 Å². The van der Waals surface area contributed by atoms with Crippen LogP contribution in [0, 0.1) is 0 Å². The average molecular weight is 364 g/mol. The summed E-state index contributed by atoms with van der Waals surface area (Å²) in [6, 6.07) is 10.6. The van der Waals surface area contributed by atoms with Crippen LogP contribution in [0.1, 0.15) is 29.2 Å². The van der Waals surface area contributed by atoms with Gasteiger partial charge in [-0.15, -0.1) is 11.3 Å². The number of aromatic nitrogens is 2. The number of halogens is 1. The highest BCUT2D eigenvalue weighted by atomic mass is 79.9. The van der Waals surface area contributed by atoms with Crippen LogP contribution in [-0.4, -0.2) is 9.78 Å². The molecule has 0 fully saturated rings. The van der Waals surface area contributed by atoms with Crippen LogP contribution in [0.4, 0.5) is 0 Å². The Bertz CT molecular complexity index is 742. The van der Waals surface area contributed by atoms with Gasteiger partial charge < -0.3 is 5.73 Å². The Morgan fingerprint density at radius 3 is 2.81 bits per heavy atom. The summed E-state index contributed by atoms with van der Waals surface area (Å²) in [4.78, 5) is 1.22. The van der Waals surface area contributed by atoms with E-state index in [1.165, 1.54) is 15.0 Å². The van der Waals surface area contributed by atoms with Crippen molar-refractivity contribution in [2.45, 2.75) is 25.8 Å². The molecule has 0 amide bonds. The number of aryl methyl sites for hydroxylation is 2. The highest BCUT2D eigenvalue weighted by Crippen LogP contribution is 2.32. The molecule has 2 N–H and O–H groups in total. The predicted octanol–water partition coefficient (Wildman–Crippen LogP) is 4.20. The lowest BCUT2D eigenvalue weighted by Crippen LogP contribution is -2.14. The second-order valence-electron chi connectivity index (χ2n) is 5.18. The molecular weight excluding hydrogens is 346 g/mol. The number of thiophene rings is 1. The van der Waals surface area contributed by atoms with Crippen LogP contribution in [0.15, 0.2) is 34.8 Å². The largest absolute Gasteiger partial charge is 0.323 e. The summed E-state index contributed by atoms with van der Waals surface area (Å²) in [5, 5.41) is 5.81. The Hall–Kier alpha value is -1.17. The number of fused-ring (bicyclic) bond motifs is 1. The molecule has 0 bridgehead atoms. The first-order valence-corrected chi connectivity index (χ1v) is 8.65. The average Bonchev–Trinajstić information content (AvgIpc) is 3.03. The summed E-state index contributed by atoms with van der Waals surface area (Å²) in [6.45, 7) is 2.11. The highest BCUT2D eigenvalue weighted by molar-refractivity contribution is 9.10. The molecule has 0 aliphatic carbocycles. The third-order valence-electron chi connectivity index (χ3n) is 3.73. The molecule has 2 heterocycles. The van der Waals surface area contributed by atoms with Gasteiger partial charge >= 0.3 is 0 Å². The lowest BCUT2D eigenvalue weighted by molar-refractivity contribution is 0.643. The van der Waals surface area contributed by atoms with Gasteiger partial charge in [-0.05, 0) is 39.9 Å². The smallest absolute Gasteiger partial charge is 0.0766 e. The zero-order valence-electron chi connectivity index (χ0n) is 12.1. The van der Waals surface area contributed by atoms with Crippen LogP contribution < -0.4 is 5.73 Å². The van der Waals surface area contributed by atoms with Crippen molar-refractivity contribution >= 4 is 37.4 Å². The fraction of sp³-hybridized carbons (Fsp3) is 0.312. The van der Waals surface area contributed by atoms with Crippen molar-refractivity contribution in [1.82, 2.24) is 9.78 Å². The van der Waals surface area contributed by atoms with Crippen molar-refractivity contribution in [2.24, 2.45) is 12.8 Å². The minimum atomic E-state index is -0.00111. The summed E-state index contributed by atoms with van der Waals surface area (Å²) < 4.78 is 4.33.